The maximum absolute atomic E-state index is 6.50. The highest BCUT2D eigenvalue weighted by molar-refractivity contribution is 6.59. The van der Waals surface area contributed by atoms with Gasteiger partial charge in [0.15, 0.2) is 0 Å². The molecule has 1 aliphatic rings. The summed E-state index contributed by atoms with van der Waals surface area (Å²) in [5, 5.41) is -0.343. The van der Waals surface area contributed by atoms with Crippen molar-refractivity contribution in [3.05, 3.63) is 35.4 Å². The molecule has 0 aromatic heterocycles. The highest BCUT2D eigenvalue weighted by atomic mass is 35.5. The lowest BCUT2D eigenvalue weighted by atomic mass is 9.79. The van der Waals surface area contributed by atoms with E-state index in [9.17, 15) is 0 Å². The molecule has 1 aliphatic heterocycles. The predicted molar refractivity (Wildman–Crippen MR) is 80.7 cm³/mol. The summed E-state index contributed by atoms with van der Waals surface area (Å²) in [5.41, 5.74) is 1.28. The van der Waals surface area contributed by atoms with Gasteiger partial charge in [-0.1, -0.05) is 24.3 Å². The molecule has 1 heterocycles. The second-order valence-corrected chi connectivity index (χ2v) is 6.64. The Kier molecular flexibility index (Phi) is 4.22. The number of hydrogen-bond donors (Lipinski definition) is 0. The minimum atomic E-state index is -0.447. The summed E-state index contributed by atoms with van der Waals surface area (Å²) in [6.45, 7) is 8.08. The Labute approximate surface area is 125 Å². The van der Waals surface area contributed by atoms with Gasteiger partial charge in [-0.15, -0.1) is 23.2 Å². The number of rotatable bonds is 3. The molecule has 1 saturated heterocycles. The van der Waals surface area contributed by atoms with Crippen LogP contribution in [0.15, 0.2) is 24.3 Å². The number of benzene rings is 1. The normalized spacial score (nSPS) is 22.5. The third kappa shape index (κ3) is 2.95. The van der Waals surface area contributed by atoms with E-state index in [0.717, 1.165) is 11.1 Å². The van der Waals surface area contributed by atoms with Gasteiger partial charge in [-0.2, -0.15) is 0 Å². The Morgan fingerprint density at radius 2 is 1.74 bits per heavy atom. The topological polar surface area (TPSA) is 18.5 Å². The predicted octanol–water partition coefficient (Wildman–Crippen LogP) is 4.34. The third-order valence-corrected chi connectivity index (χ3v) is 4.70. The molecule has 0 spiro atoms. The maximum atomic E-state index is 6.50. The van der Waals surface area contributed by atoms with E-state index in [1.54, 1.807) is 0 Å². The Balaban J connectivity index is 2.19. The fourth-order valence-electron chi connectivity index (χ4n) is 2.01. The van der Waals surface area contributed by atoms with Crippen LogP contribution < -0.4 is 0 Å². The van der Waals surface area contributed by atoms with Crippen LogP contribution in [0.3, 0.4) is 0 Å². The standard InChI is InChI=1S/C14H19BCl2O2/c1-13(2)14(3,4)19-15(18-13)12(17)11-7-5-6-10(8-11)9-16/h5-8,12H,9H2,1-4H3. The monoisotopic (exact) mass is 300 g/mol. The molecule has 1 fully saturated rings. The van der Waals surface area contributed by atoms with Crippen LogP contribution in [0.2, 0.25) is 0 Å². The first-order valence-corrected chi connectivity index (χ1v) is 7.38. The van der Waals surface area contributed by atoms with Crippen molar-refractivity contribution in [3.63, 3.8) is 0 Å². The Hall–Kier alpha value is -0.215. The van der Waals surface area contributed by atoms with Crippen molar-refractivity contribution < 1.29 is 9.31 Å². The molecule has 1 aromatic rings. The average Bonchev–Trinajstić information content (AvgIpc) is 2.57. The summed E-state index contributed by atoms with van der Waals surface area (Å²) < 4.78 is 11.9. The molecule has 19 heavy (non-hydrogen) atoms. The first-order valence-electron chi connectivity index (χ1n) is 6.41. The van der Waals surface area contributed by atoms with Crippen LogP contribution in [0.5, 0.6) is 0 Å². The molecule has 5 heteroatoms. The van der Waals surface area contributed by atoms with Crippen molar-refractivity contribution in [1.82, 2.24) is 0 Å². The molecule has 0 saturated carbocycles. The van der Waals surface area contributed by atoms with Gasteiger partial charge < -0.3 is 9.31 Å². The van der Waals surface area contributed by atoms with Gasteiger partial charge in [0.25, 0.3) is 0 Å². The lowest BCUT2D eigenvalue weighted by molar-refractivity contribution is 0.00578. The van der Waals surface area contributed by atoms with Crippen LogP contribution in [0.4, 0.5) is 0 Å². The molecule has 0 aliphatic carbocycles. The molecular formula is C14H19BCl2O2. The van der Waals surface area contributed by atoms with Crippen molar-refractivity contribution in [2.24, 2.45) is 0 Å². The van der Waals surface area contributed by atoms with Crippen LogP contribution in [-0.2, 0) is 15.2 Å². The Bertz CT molecular complexity index is 447. The number of hydrogen-bond acceptors (Lipinski definition) is 2. The maximum Gasteiger partial charge on any atom is 0.481 e. The molecule has 2 rings (SSSR count). The Morgan fingerprint density at radius 1 is 1.16 bits per heavy atom. The zero-order valence-electron chi connectivity index (χ0n) is 11.7. The van der Waals surface area contributed by atoms with E-state index in [1.165, 1.54) is 0 Å². The molecular weight excluding hydrogens is 282 g/mol. The fraction of sp³-hybridized carbons (Fsp3) is 0.571. The van der Waals surface area contributed by atoms with Crippen molar-refractivity contribution in [2.75, 3.05) is 0 Å². The summed E-state index contributed by atoms with van der Waals surface area (Å²) in [6.07, 6.45) is 0. The van der Waals surface area contributed by atoms with Gasteiger partial charge in [-0.3, -0.25) is 0 Å². The van der Waals surface area contributed by atoms with E-state index in [4.69, 9.17) is 32.5 Å². The van der Waals surface area contributed by atoms with Crippen LogP contribution in [0.25, 0.3) is 0 Å². The largest absolute Gasteiger partial charge is 0.481 e. The van der Waals surface area contributed by atoms with E-state index in [-0.39, 0.29) is 16.5 Å². The number of alkyl halides is 2. The zero-order valence-corrected chi connectivity index (χ0v) is 13.3. The van der Waals surface area contributed by atoms with Crippen LogP contribution >= 0.6 is 23.2 Å². The van der Waals surface area contributed by atoms with Gasteiger partial charge in [0.2, 0.25) is 0 Å². The lowest BCUT2D eigenvalue weighted by Crippen LogP contribution is -2.41. The summed E-state index contributed by atoms with van der Waals surface area (Å²) in [5.74, 6) is 0.473. The van der Waals surface area contributed by atoms with E-state index in [1.807, 2.05) is 52.0 Å². The van der Waals surface area contributed by atoms with E-state index in [2.05, 4.69) is 0 Å². The zero-order chi connectivity index (χ0) is 14.3. The SMILES string of the molecule is CC1(C)OB(C(Cl)c2cccc(CCl)c2)OC1(C)C. The van der Waals surface area contributed by atoms with Crippen LogP contribution in [0.1, 0.15) is 44.1 Å². The molecule has 0 N–H and O–H groups in total. The summed E-state index contributed by atoms with van der Waals surface area (Å²) >= 11 is 12.4. The first kappa shape index (κ1) is 15.2. The third-order valence-electron chi connectivity index (χ3n) is 3.93. The summed E-state index contributed by atoms with van der Waals surface area (Å²) in [7, 11) is -0.447. The molecule has 104 valence electrons. The molecule has 0 bridgehead atoms. The van der Waals surface area contributed by atoms with Gasteiger partial charge in [0.1, 0.15) is 0 Å². The molecule has 1 aromatic carbocycles. The van der Waals surface area contributed by atoms with Crippen molar-refractivity contribution in [3.8, 4) is 0 Å². The molecule has 0 radical (unpaired) electrons. The Morgan fingerprint density at radius 3 is 2.26 bits per heavy atom. The van der Waals surface area contributed by atoms with Crippen LogP contribution in [0, 0.1) is 0 Å². The van der Waals surface area contributed by atoms with Crippen molar-refractivity contribution in [2.45, 2.75) is 50.1 Å². The smallest absolute Gasteiger partial charge is 0.402 e. The molecule has 2 nitrogen and oxygen atoms in total. The molecule has 1 atom stereocenters. The van der Waals surface area contributed by atoms with E-state index >= 15 is 0 Å². The average molecular weight is 301 g/mol. The van der Waals surface area contributed by atoms with E-state index < -0.39 is 7.12 Å². The van der Waals surface area contributed by atoms with Gasteiger partial charge in [0.05, 0.1) is 16.5 Å². The highest BCUT2D eigenvalue weighted by Crippen LogP contribution is 2.42. The highest BCUT2D eigenvalue weighted by Gasteiger charge is 2.53. The fourth-order valence-corrected chi connectivity index (χ4v) is 2.42. The molecule has 1 unspecified atom stereocenters. The van der Waals surface area contributed by atoms with Gasteiger partial charge in [-0.25, -0.2) is 0 Å². The first-order chi connectivity index (χ1) is 8.77. The van der Waals surface area contributed by atoms with Crippen molar-refractivity contribution >= 4 is 30.3 Å². The van der Waals surface area contributed by atoms with Gasteiger partial charge in [0, 0.05) is 5.88 Å². The van der Waals surface area contributed by atoms with Gasteiger partial charge >= 0.3 is 7.12 Å². The van der Waals surface area contributed by atoms with Crippen molar-refractivity contribution in [1.29, 1.82) is 0 Å². The minimum Gasteiger partial charge on any atom is -0.402 e. The van der Waals surface area contributed by atoms with Gasteiger partial charge in [-0.05, 0) is 38.8 Å². The summed E-state index contributed by atoms with van der Waals surface area (Å²) in [4.78, 5) is 0. The minimum absolute atomic E-state index is 0.343. The lowest BCUT2D eigenvalue weighted by Gasteiger charge is -2.32. The molecule has 0 amide bonds. The second kappa shape index (κ2) is 5.29. The van der Waals surface area contributed by atoms with Crippen LogP contribution in [-0.4, -0.2) is 18.3 Å². The number of halogens is 2. The summed E-state index contributed by atoms with van der Waals surface area (Å²) in [6, 6.07) is 7.90. The second-order valence-electron chi connectivity index (χ2n) is 5.91. The van der Waals surface area contributed by atoms with E-state index in [0.29, 0.717) is 5.88 Å². The quantitative estimate of drug-likeness (QED) is 0.611.